The number of benzene rings is 2. The first-order chi connectivity index (χ1) is 10.1. The summed E-state index contributed by atoms with van der Waals surface area (Å²) in [7, 11) is 0. The van der Waals surface area contributed by atoms with Crippen molar-refractivity contribution in [3.63, 3.8) is 0 Å². The maximum atomic E-state index is 13.7. The zero-order chi connectivity index (χ0) is 15.0. The summed E-state index contributed by atoms with van der Waals surface area (Å²) in [5.74, 6) is -1.34. The molecule has 0 aliphatic heterocycles. The predicted octanol–water partition coefficient (Wildman–Crippen LogP) is 3.90. The number of halogens is 2. The lowest BCUT2D eigenvalue weighted by Crippen LogP contribution is -2.00. The predicted molar refractivity (Wildman–Crippen MR) is 77.3 cm³/mol. The number of fused-ring (bicyclic) bond motifs is 1. The fraction of sp³-hybridized carbons (Fsp3) is 0.0667. The molecule has 1 N–H and O–H groups in total. The van der Waals surface area contributed by atoms with Crippen molar-refractivity contribution in [1.82, 2.24) is 9.55 Å². The van der Waals surface area contributed by atoms with Crippen LogP contribution in [0.4, 0.5) is 8.78 Å². The molecule has 104 valence electrons. The lowest BCUT2D eigenvalue weighted by Gasteiger charge is -2.05. The lowest BCUT2D eigenvalue weighted by molar-refractivity contribution is 0.590. The van der Waals surface area contributed by atoms with Crippen LogP contribution in [0.1, 0.15) is 11.1 Å². The Bertz CT molecular complexity index is 934. The van der Waals surface area contributed by atoms with Gasteiger partial charge >= 0.3 is 0 Å². The first-order valence-corrected chi connectivity index (χ1v) is 6.56. The second kappa shape index (κ2) is 5.11. The topological polar surface area (TPSA) is 44.5 Å². The van der Waals surface area contributed by atoms with Gasteiger partial charge in [0.1, 0.15) is 11.3 Å². The minimum absolute atomic E-state index is 0.179. The molecule has 0 aliphatic rings. The third kappa shape index (κ3) is 2.43. The Hall–Kier alpha value is -2.52. The van der Waals surface area contributed by atoms with Crippen molar-refractivity contribution in [2.24, 2.45) is 0 Å². The van der Waals surface area contributed by atoms with Crippen LogP contribution >= 0.6 is 12.2 Å². The van der Waals surface area contributed by atoms with Gasteiger partial charge in [-0.05, 0) is 36.0 Å². The molecule has 1 aromatic heterocycles. The number of nitrogens with one attached hydrogen (secondary N) is 1. The highest BCUT2D eigenvalue weighted by Gasteiger charge is 2.11. The number of H-pyrrole nitrogens is 1. The summed E-state index contributed by atoms with van der Waals surface area (Å²) < 4.78 is 29.0. The Morgan fingerprint density at radius 1 is 1.24 bits per heavy atom. The van der Waals surface area contributed by atoms with Gasteiger partial charge in [0.15, 0.2) is 10.6 Å². The summed E-state index contributed by atoms with van der Waals surface area (Å²) in [6.45, 7) is 0.331. The van der Waals surface area contributed by atoms with Crippen LogP contribution in [0.2, 0.25) is 0 Å². The molecular weight excluding hydrogens is 292 g/mol. The Kier molecular flexibility index (Phi) is 3.28. The summed E-state index contributed by atoms with van der Waals surface area (Å²) in [4.78, 5) is 2.74. The minimum atomic E-state index is -0.680. The summed E-state index contributed by atoms with van der Waals surface area (Å²) >= 11 is 5.17. The van der Waals surface area contributed by atoms with Crippen molar-refractivity contribution in [2.45, 2.75) is 6.54 Å². The molecule has 0 aliphatic carbocycles. The van der Waals surface area contributed by atoms with Crippen molar-refractivity contribution in [1.29, 1.82) is 5.26 Å². The quantitative estimate of drug-likeness (QED) is 0.730. The standard InChI is InChI=1S/C15H9F2N3S/c16-11-5-12(17)14-13(6-11)20(15(21)19-14)8-10-3-1-2-9(4-10)7-18/h1-6H,8H2,(H,19,21). The van der Waals surface area contributed by atoms with Crippen LogP contribution in [0, 0.1) is 27.7 Å². The van der Waals surface area contributed by atoms with Crippen molar-refractivity contribution in [2.75, 3.05) is 0 Å². The second-order valence-electron chi connectivity index (χ2n) is 4.61. The molecule has 3 aromatic rings. The van der Waals surface area contributed by atoms with Gasteiger partial charge in [0.2, 0.25) is 0 Å². The van der Waals surface area contributed by atoms with Crippen LogP contribution in [-0.2, 0) is 6.54 Å². The van der Waals surface area contributed by atoms with E-state index in [9.17, 15) is 8.78 Å². The summed E-state index contributed by atoms with van der Waals surface area (Å²) in [6, 6.07) is 11.1. The minimum Gasteiger partial charge on any atom is -0.328 e. The number of aromatic amines is 1. The first-order valence-electron chi connectivity index (χ1n) is 6.15. The number of hydrogen-bond acceptors (Lipinski definition) is 2. The molecule has 0 bridgehead atoms. The second-order valence-corrected chi connectivity index (χ2v) is 5.00. The molecule has 0 saturated carbocycles. The van der Waals surface area contributed by atoms with Gasteiger partial charge in [0, 0.05) is 6.07 Å². The van der Waals surface area contributed by atoms with Crippen LogP contribution in [0.5, 0.6) is 0 Å². The SMILES string of the molecule is N#Cc1cccc(Cn2c(=S)[nH]c3c(F)cc(F)cc32)c1. The zero-order valence-corrected chi connectivity index (χ0v) is 11.5. The lowest BCUT2D eigenvalue weighted by atomic mass is 10.1. The normalized spacial score (nSPS) is 10.7. The number of rotatable bonds is 2. The monoisotopic (exact) mass is 301 g/mol. The average Bonchev–Trinajstić information content (AvgIpc) is 2.77. The maximum absolute atomic E-state index is 13.7. The van der Waals surface area contributed by atoms with E-state index in [4.69, 9.17) is 17.5 Å². The molecule has 0 amide bonds. The number of imidazole rings is 1. The zero-order valence-electron chi connectivity index (χ0n) is 10.7. The third-order valence-corrected chi connectivity index (χ3v) is 3.52. The molecule has 0 unspecified atom stereocenters. The third-order valence-electron chi connectivity index (χ3n) is 3.20. The molecule has 3 nitrogen and oxygen atoms in total. The summed E-state index contributed by atoms with van der Waals surface area (Å²) in [5, 5.41) is 8.90. The summed E-state index contributed by atoms with van der Waals surface area (Å²) in [5.41, 5.74) is 1.89. The number of hydrogen-bond donors (Lipinski definition) is 1. The fourth-order valence-corrected chi connectivity index (χ4v) is 2.52. The Labute approximate surface area is 124 Å². The molecule has 0 atom stereocenters. The van der Waals surface area contributed by atoms with Gasteiger partial charge in [-0.3, -0.25) is 0 Å². The number of nitrogens with zero attached hydrogens (tertiary/aromatic N) is 2. The van der Waals surface area contributed by atoms with Crippen LogP contribution < -0.4 is 0 Å². The van der Waals surface area contributed by atoms with E-state index in [2.05, 4.69) is 11.1 Å². The van der Waals surface area contributed by atoms with Crippen LogP contribution in [0.25, 0.3) is 11.0 Å². The van der Waals surface area contributed by atoms with Crippen molar-refractivity contribution in [3.05, 3.63) is 63.9 Å². The molecule has 6 heteroatoms. The smallest absolute Gasteiger partial charge is 0.178 e. The van der Waals surface area contributed by atoms with Crippen molar-refractivity contribution in [3.8, 4) is 6.07 Å². The van der Waals surface area contributed by atoms with E-state index in [-0.39, 0.29) is 5.52 Å². The van der Waals surface area contributed by atoms with Crippen molar-refractivity contribution >= 4 is 23.3 Å². The first kappa shape index (κ1) is 13.5. The molecule has 0 spiro atoms. The highest BCUT2D eigenvalue weighted by Crippen LogP contribution is 2.20. The van der Waals surface area contributed by atoms with Gasteiger partial charge in [-0.15, -0.1) is 0 Å². The van der Waals surface area contributed by atoms with Gasteiger partial charge in [-0.25, -0.2) is 8.78 Å². The van der Waals surface area contributed by atoms with E-state index in [0.717, 1.165) is 11.6 Å². The maximum Gasteiger partial charge on any atom is 0.178 e. The molecule has 0 radical (unpaired) electrons. The molecule has 0 saturated heterocycles. The molecule has 0 fully saturated rings. The number of aromatic nitrogens is 2. The molecule has 21 heavy (non-hydrogen) atoms. The fourth-order valence-electron chi connectivity index (χ4n) is 2.26. The summed E-state index contributed by atoms with van der Waals surface area (Å²) in [6.07, 6.45) is 0. The van der Waals surface area contributed by atoms with E-state index in [1.807, 2.05) is 6.07 Å². The Morgan fingerprint density at radius 2 is 2.05 bits per heavy atom. The van der Waals surface area contributed by atoms with Crippen molar-refractivity contribution < 1.29 is 8.78 Å². The molecule has 3 rings (SSSR count). The van der Waals surface area contributed by atoms with Crippen LogP contribution in [-0.4, -0.2) is 9.55 Å². The van der Waals surface area contributed by atoms with Crippen LogP contribution in [0.3, 0.4) is 0 Å². The molecular formula is C15H9F2N3S. The number of nitriles is 1. The van der Waals surface area contributed by atoms with E-state index in [0.29, 0.717) is 22.4 Å². The Balaban J connectivity index is 2.14. The van der Waals surface area contributed by atoms with Gasteiger partial charge in [0.25, 0.3) is 0 Å². The highest BCUT2D eigenvalue weighted by molar-refractivity contribution is 7.71. The van der Waals surface area contributed by atoms with Gasteiger partial charge in [-0.1, -0.05) is 12.1 Å². The highest BCUT2D eigenvalue weighted by atomic mass is 32.1. The molecule has 2 aromatic carbocycles. The average molecular weight is 301 g/mol. The van der Waals surface area contributed by atoms with E-state index in [1.165, 1.54) is 6.07 Å². The largest absolute Gasteiger partial charge is 0.328 e. The van der Waals surface area contributed by atoms with E-state index >= 15 is 0 Å². The van der Waals surface area contributed by atoms with E-state index < -0.39 is 11.6 Å². The van der Waals surface area contributed by atoms with Gasteiger partial charge < -0.3 is 9.55 Å². The van der Waals surface area contributed by atoms with E-state index in [1.54, 1.807) is 22.8 Å². The van der Waals surface area contributed by atoms with Gasteiger partial charge in [-0.2, -0.15) is 5.26 Å². The van der Waals surface area contributed by atoms with Gasteiger partial charge in [0.05, 0.1) is 23.7 Å². The Morgan fingerprint density at radius 3 is 2.81 bits per heavy atom. The molecule has 1 heterocycles. The van der Waals surface area contributed by atoms with Crippen LogP contribution in [0.15, 0.2) is 36.4 Å².